The average molecular weight is 525 g/mol. The molecule has 0 amide bonds. The van der Waals surface area contributed by atoms with E-state index in [1.165, 1.54) is 65.9 Å². The van der Waals surface area contributed by atoms with Crippen LogP contribution in [0.5, 0.6) is 0 Å². The van der Waals surface area contributed by atoms with Crippen molar-refractivity contribution in [3.63, 3.8) is 0 Å². The van der Waals surface area contributed by atoms with Crippen molar-refractivity contribution in [1.82, 2.24) is 4.57 Å². The Morgan fingerprint density at radius 3 is 1.98 bits per heavy atom. The Kier molecular flexibility index (Phi) is 5.39. The predicted octanol–water partition coefficient (Wildman–Crippen LogP) is 10.5. The fraction of sp³-hybridized carbons (Fsp3) is 0.0256. The first-order valence-corrected chi connectivity index (χ1v) is 14.1. The van der Waals surface area contributed by atoms with Crippen LogP contribution in [0, 0.1) is 0 Å². The van der Waals surface area contributed by atoms with Crippen molar-refractivity contribution < 1.29 is 0 Å². The van der Waals surface area contributed by atoms with Crippen molar-refractivity contribution in [2.24, 2.45) is 0 Å². The Balaban J connectivity index is 1.39. The second kappa shape index (κ2) is 9.39. The van der Waals surface area contributed by atoms with Crippen LogP contribution in [0.4, 0.5) is 11.4 Å². The lowest BCUT2D eigenvalue weighted by atomic mass is 9.99. The van der Waals surface area contributed by atoms with Gasteiger partial charge in [-0.05, 0) is 69.6 Å². The molecule has 1 heterocycles. The number of hydrogen-bond donors (Lipinski definition) is 0. The first kappa shape index (κ1) is 23.5. The van der Waals surface area contributed by atoms with E-state index in [4.69, 9.17) is 0 Å². The second-order valence-electron chi connectivity index (χ2n) is 10.7. The van der Waals surface area contributed by atoms with Gasteiger partial charge in [0.2, 0.25) is 0 Å². The quantitative estimate of drug-likeness (QED) is 0.222. The van der Waals surface area contributed by atoms with Gasteiger partial charge >= 0.3 is 0 Å². The number of para-hydroxylation sites is 2. The molecular formula is C39H28N2. The molecule has 0 bridgehead atoms. The van der Waals surface area contributed by atoms with Crippen molar-refractivity contribution in [3.8, 4) is 16.8 Å². The lowest BCUT2D eigenvalue weighted by Gasteiger charge is -2.20. The van der Waals surface area contributed by atoms with Gasteiger partial charge in [0.15, 0.2) is 0 Å². The number of aromatic nitrogens is 1. The first-order chi connectivity index (χ1) is 20.3. The van der Waals surface area contributed by atoms with E-state index in [9.17, 15) is 0 Å². The van der Waals surface area contributed by atoms with E-state index in [1.54, 1.807) is 0 Å². The fourth-order valence-electron chi connectivity index (χ4n) is 6.32. The largest absolute Gasteiger partial charge is 0.345 e. The molecule has 8 aromatic rings. The number of benzene rings is 7. The van der Waals surface area contributed by atoms with Gasteiger partial charge in [-0.2, -0.15) is 0 Å². The van der Waals surface area contributed by atoms with Crippen LogP contribution < -0.4 is 4.90 Å². The molecule has 0 saturated heterocycles. The molecule has 0 fully saturated rings. The van der Waals surface area contributed by atoms with E-state index in [1.807, 2.05) is 0 Å². The van der Waals surface area contributed by atoms with Crippen molar-refractivity contribution in [1.29, 1.82) is 0 Å². The van der Waals surface area contributed by atoms with E-state index < -0.39 is 0 Å². The standard InChI is InChI=1S/C39H28N2/c1-40(31-13-3-2-4-14-31)32-22-19-29(20-23-32)35-16-9-17-36-38-34-15-8-7-11-28(34)21-25-37(38)41(39(35)36)33-24-18-27-10-5-6-12-30(27)26-33/h2-26H,1H3. The maximum atomic E-state index is 2.46. The summed E-state index contributed by atoms with van der Waals surface area (Å²) in [5.41, 5.74) is 8.39. The molecule has 0 saturated carbocycles. The zero-order valence-electron chi connectivity index (χ0n) is 22.8. The first-order valence-electron chi connectivity index (χ1n) is 14.1. The highest BCUT2D eigenvalue weighted by atomic mass is 15.1. The van der Waals surface area contributed by atoms with Gasteiger partial charge in [0, 0.05) is 40.4 Å². The van der Waals surface area contributed by atoms with Gasteiger partial charge < -0.3 is 9.47 Å². The van der Waals surface area contributed by atoms with Crippen molar-refractivity contribution >= 4 is 54.7 Å². The summed E-state index contributed by atoms with van der Waals surface area (Å²) in [5.74, 6) is 0. The zero-order valence-corrected chi connectivity index (χ0v) is 22.8. The third kappa shape index (κ3) is 3.80. The molecule has 0 spiro atoms. The smallest absolute Gasteiger partial charge is 0.0619 e. The Morgan fingerprint density at radius 1 is 0.488 bits per heavy atom. The van der Waals surface area contributed by atoms with E-state index >= 15 is 0 Å². The molecular weight excluding hydrogens is 496 g/mol. The molecule has 0 aliphatic heterocycles. The summed E-state index contributed by atoms with van der Waals surface area (Å²) in [4.78, 5) is 2.22. The maximum Gasteiger partial charge on any atom is 0.0619 e. The molecule has 0 aliphatic rings. The lowest BCUT2D eigenvalue weighted by molar-refractivity contribution is 1.19. The summed E-state index contributed by atoms with van der Waals surface area (Å²) >= 11 is 0. The molecule has 0 atom stereocenters. The molecule has 2 heteroatoms. The molecule has 2 nitrogen and oxygen atoms in total. The monoisotopic (exact) mass is 524 g/mol. The molecule has 0 aliphatic carbocycles. The summed E-state index contributed by atoms with van der Waals surface area (Å²) in [7, 11) is 2.12. The van der Waals surface area contributed by atoms with Gasteiger partial charge in [-0.25, -0.2) is 0 Å². The third-order valence-corrected chi connectivity index (χ3v) is 8.38. The number of fused-ring (bicyclic) bond motifs is 6. The Bertz CT molecular complexity index is 2210. The van der Waals surface area contributed by atoms with Crippen LogP contribution >= 0.6 is 0 Å². The lowest BCUT2D eigenvalue weighted by Crippen LogP contribution is -2.08. The van der Waals surface area contributed by atoms with Gasteiger partial charge in [0.1, 0.15) is 0 Å². The number of rotatable bonds is 4. The highest BCUT2D eigenvalue weighted by Gasteiger charge is 2.18. The normalized spacial score (nSPS) is 11.5. The maximum absolute atomic E-state index is 2.46. The molecule has 0 N–H and O–H groups in total. The summed E-state index contributed by atoms with van der Waals surface area (Å²) in [6.07, 6.45) is 0. The summed E-state index contributed by atoms with van der Waals surface area (Å²) in [5, 5.41) is 7.61. The number of hydrogen-bond acceptors (Lipinski definition) is 1. The van der Waals surface area contributed by atoms with E-state index in [0.29, 0.717) is 0 Å². The molecule has 1 aromatic heterocycles. The molecule has 194 valence electrons. The topological polar surface area (TPSA) is 8.17 Å². The predicted molar refractivity (Wildman–Crippen MR) is 176 cm³/mol. The minimum atomic E-state index is 1.16. The highest BCUT2D eigenvalue weighted by Crippen LogP contribution is 2.41. The molecule has 41 heavy (non-hydrogen) atoms. The Morgan fingerprint density at radius 2 is 1.15 bits per heavy atom. The van der Waals surface area contributed by atoms with Crippen LogP contribution in [-0.4, -0.2) is 11.6 Å². The van der Waals surface area contributed by atoms with Crippen molar-refractivity contribution in [2.75, 3.05) is 11.9 Å². The van der Waals surface area contributed by atoms with Gasteiger partial charge in [0.25, 0.3) is 0 Å². The fourth-order valence-corrected chi connectivity index (χ4v) is 6.32. The number of anilines is 2. The van der Waals surface area contributed by atoms with Crippen LogP contribution in [0.1, 0.15) is 0 Å². The molecule has 8 rings (SSSR count). The highest BCUT2D eigenvalue weighted by molar-refractivity contribution is 6.23. The van der Waals surface area contributed by atoms with Gasteiger partial charge in [-0.1, -0.05) is 109 Å². The molecule has 0 unspecified atom stereocenters. The Labute approximate surface area is 239 Å². The van der Waals surface area contributed by atoms with E-state index in [0.717, 1.165) is 5.69 Å². The van der Waals surface area contributed by atoms with Gasteiger partial charge in [0.05, 0.1) is 11.0 Å². The molecule has 0 radical (unpaired) electrons. The van der Waals surface area contributed by atoms with Crippen LogP contribution in [-0.2, 0) is 0 Å². The van der Waals surface area contributed by atoms with E-state index in [-0.39, 0.29) is 0 Å². The van der Waals surface area contributed by atoms with E-state index in [2.05, 4.69) is 168 Å². The van der Waals surface area contributed by atoms with Crippen LogP contribution in [0.25, 0.3) is 60.2 Å². The zero-order chi connectivity index (χ0) is 27.3. The summed E-state index contributed by atoms with van der Waals surface area (Å²) in [6, 6.07) is 54.9. The van der Waals surface area contributed by atoms with Crippen LogP contribution in [0.2, 0.25) is 0 Å². The second-order valence-corrected chi connectivity index (χ2v) is 10.7. The SMILES string of the molecule is CN(c1ccccc1)c1ccc(-c2cccc3c4c5ccccc5ccc4n(-c4ccc5ccccc5c4)c23)cc1. The molecule has 7 aromatic carbocycles. The minimum Gasteiger partial charge on any atom is -0.345 e. The number of nitrogens with zero attached hydrogens (tertiary/aromatic N) is 2. The van der Waals surface area contributed by atoms with Gasteiger partial charge in [-0.15, -0.1) is 0 Å². The van der Waals surface area contributed by atoms with Crippen molar-refractivity contribution in [2.45, 2.75) is 0 Å². The van der Waals surface area contributed by atoms with Crippen molar-refractivity contribution in [3.05, 3.63) is 152 Å². The summed E-state index contributed by atoms with van der Waals surface area (Å²) < 4.78 is 2.46. The Hall–Kier alpha value is -5.34. The minimum absolute atomic E-state index is 1.16. The third-order valence-electron chi connectivity index (χ3n) is 8.38. The van der Waals surface area contributed by atoms with Crippen LogP contribution in [0.3, 0.4) is 0 Å². The van der Waals surface area contributed by atoms with Gasteiger partial charge in [-0.3, -0.25) is 0 Å². The average Bonchev–Trinajstić information content (AvgIpc) is 3.40. The van der Waals surface area contributed by atoms with Crippen LogP contribution in [0.15, 0.2) is 152 Å². The summed E-state index contributed by atoms with van der Waals surface area (Å²) in [6.45, 7) is 0.